The average Bonchev–Trinajstić information content (AvgIpc) is 2.73. The Morgan fingerprint density at radius 2 is 2.19 bits per heavy atom. The zero-order chi connectivity index (χ0) is 11.4. The van der Waals surface area contributed by atoms with Gasteiger partial charge < -0.3 is 15.4 Å². The van der Waals surface area contributed by atoms with Crippen molar-refractivity contribution in [3.05, 3.63) is 24.3 Å². The van der Waals surface area contributed by atoms with Crippen LogP contribution in [0, 0.1) is 0 Å². The highest BCUT2D eigenvalue weighted by Gasteiger charge is 2.15. The maximum Gasteiger partial charge on any atom is 0.221 e. The van der Waals surface area contributed by atoms with Crippen molar-refractivity contribution >= 4 is 11.6 Å². The van der Waals surface area contributed by atoms with Gasteiger partial charge in [0.05, 0.1) is 0 Å². The second-order valence-corrected chi connectivity index (χ2v) is 3.94. The molecule has 0 radical (unpaired) electrons. The predicted octanol–water partition coefficient (Wildman–Crippen LogP) is 1.39. The van der Waals surface area contributed by atoms with Gasteiger partial charge in [0.25, 0.3) is 0 Å². The standard InChI is InChI=1S/C12H16N2O2/c1-9(15)14-10-2-4-11(5-3-10)16-12-6-7-13-8-12/h2-5,12-13H,6-8H2,1H3,(H,14,15)/t12-/m0/s1. The van der Waals surface area contributed by atoms with Crippen molar-refractivity contribution in [1.29, 1.82) is 0 Å². The van der Waals surface area contributed by atoms with E-state index in [0.29, 0.717) is 0 Å². The van der Waals surface area contributed by atoms with Crippen molar-refractivity contribution in [2.75, 3.05) is 18.4 Å². The van der Waals surface area contributed by atoms with Crippen LogP contribution < -0.4 is 15.4 Å². The van der Waals surface area contributed by atoms with Gasteiger partial charge >= 0.3 is 0 Å². The first kappa shape index (κ1) is 11.0. The largest absolute Gasteiger partial charge is 0.489 e. The van der Waals surface area contributed by atoms with Gasteiger partial charge in [0, 0.05) is 19.2 Å². The van der Waals surface area contributed by atoms with Crippen LogP contribution in [0.5, 0.6) is 5.75 Å². The number of nitrogens with one attached hydrogen (secondary N) is 2. The fourth-order valence-corrected chi connectivity index (χ4v) is 1.74. The minimum absolute atomic E-state index is 0.0614. The van der Waals surface area contributed by atoms with Crippen molar-refractivity contribution in [2.24, 2.45) is 0 Å². The third kappa shape index (κ3) is 2.97. The number of carbonyl (C=O) groups is 1. The minimum Gasteiger partial charge on any atom is -0.489 e. The Morgan fingerprint density at radius 1 is 1.44 bits per heavy atom. The second-order valence-electron chi connectivity index (χ2n) is 3.94. The summed E-state index contributed by atoms with van der Waals surface area (Å²) < 4.78 is 5.76. The predicted molar refractivity (Wildman–Crippen MR) is 62.6 cm³/mol. The van der Waals surface area contributed by atoms with Crippen LogP contribution in [0.1, 0.15) is 13.3 Å². The molecule has 2 rings (SSSR count). The summed E-state index contributed by atoms with van der Waals surface area (Å²) >= 11 is 0. The minimum atomic E-state index is -0.0614. The van der Waals surface area contributed by atoms with E-state index in [0.717, 1.165) is 30.9 Å². The normalized spacial score (nSPS) is 19.4. The summed E-state index contributed by atoms with van der Waals surface area (Å²) in [5.41, 5.74) is 0.796. The number of hydrogen-bond acceptors (Lipinski definition) is 3. The van der Waals surface area contributed by atoms with Crippen LogP contribution in [0.15, 0.2) is 24.3 Å². The number of carbonyl (C=O) groups excluding carboxylic acids is 1. The van der Waals surface area contributed by atoms with E-state index in [1.807, 2.05) is 24.3 Å². The molecule has 0 aliphatic carbocycles. The quantitative estimate of drug-likeness (QED) is 0.809. The number of benzene rings is 1. The molecule has 1 saturated heterocycles. The van der Waals surface area contributed by atoms with E-state index in [1.165, 1.54) is 6.92 Å². The molecule has 16 heavy (non-hydrogen) atoms. The van der Waals surface area contributed by atoms with Crippen LogP contribution in [0.25, 0.3) is 0 Å². The molecule has 0 saturated carbocycles. The van der Waals surface area contributed by atoms with Crippen LogP contribution in [0.3, 0.4) is 0 Å². The number of ether oxygens (including phenoxy) is 1. The third-order valence-electron chi connectivity index (χ3n) is 2.49. The maximum absolute atomic E-state index is 10.8. The Kier molecular flexibility index (Phi) is 3.41. The third-order valence-corrected chi connectivity index (χ3v) is 2.49. The number of rotatable bonds is 3. The zero-order valence-electron chi connectivity index (χ0n) is 9.32. The van der Waals surface area contributed by atoms with Crippen molar-refractivity contribution in [2.45, 2.75) is 19.4 Å². The Morgan fingerprint density at radius 3 is 2.75 bits per heavy atom. The fourth-order valence-electron chi connectivity index (χ4n) is 1.74. The molecule has 86 valence electrons. The lowest BCUT2D eigenvalue weighted by Gasteiger charge is -2.12. The number of amides is 1. The molecule has 1 aliphatic rings. The van der Waals surface area contributed by atoms with Crippen LogP contribution in [0.4, 0.5) is 5.69 Å². The van der Waals surface area contributed by atoms with Crippen molar-refractivity contribution in [1.82, 2.24) is 5.32 Å². The lowest BCUT2D eigenvalue weighted by molar-refractivity contribution is -0.114. The lowest BCUT2D eigenvalue weighted by Crippen LogP contribution is -2.19. The lowest BCUT2D eigenvalue weighted by atomic mass is 10.3. The first-order valence-corrected chi connectivity index (χ1v) is 5.49. The van der Waals surface area contributed by atoms with Crippen molar-refractivity contribution in [3.8, 4) is 5.75 Å². The zero-order valence-corrected chi connectivity index (χ0v) is 9.32. The highest BCUT2D eigenvalue weighted by atomic mass is 16.5. The van der Waals surface area contributed by atoms with E-state index in [4.69, 9.17) is 4.74 Å². The van der Waals surface area contributed by atoms with Gasteiger partial charge in [-0.1, -0.05) is 0 Å². The van der Waals surface area contributed by atoms with Crippen LogP contribution >= 0.6 is 0 Å². The summed E-state index contributed by atoms with van der Waals surface area (Å²) in [6.45, 7) is 3.43. The van der Waals surface area contributed by atoms with Gasteiger partial charge in [0.2, 0.25) is 5.91 Å². The van der Waals surface area contributed by atoms with E-state index in [2.05, 4.69) is 10.6 Å². The van der Waals surface area contributed by atoms with E-state index in [-0.39, 0.29) is 12.0 Å². The summed E-state index contributed by atoms with van der Waals surface area (Å²) in [7, 11) is 0. The van der Waals surface area contributed by atoms with Gasteiger partial charge in [-0.25, -0.2) is 0 Å². The van der Waals surface area contributed by atoms with Gasteiger partial charge in [0.15, 0.2) is 0 Å². The van der Waals surface area contributed by atoms with Crippen molar-refractivity contribution < 1.29 is 9.53 Å². The summed E-state index contributed by atoms with van der Waals surface area (Å²) in [6, 6.07) is 7.45. The molecule has 1 aliphatic heterocycles. The molecule has 0 aromatic heterocycles. The van der Waals surface area contributed by atoms with Gasteiger partial charge in [-0.15, -0.1) is 0 Å². The summed E-state index contributed by atoms with van der Waals surface area (Å²) in [6.07, 6.45) is 1.32. The molecule has 0 spiro atoms. The molecule has 1 amide bonds. The molecule has 0 bridgehead atoms. The van der Waals surface area contributed by atoms with Gasteiger partial charge in [-0.3, -0.25) is 4.79 Å². The summed E-state index contributed by atoms with van der Waals surface area (Å²) in [4.78, 5) is 10.8. The highest BCUT2D eigenvalue weighted by Crippen LogP contribution is 2.18. The van der Waals surface area contributed by atoms with E-state index in [1.54, 1.807) is 0 Å². The fraction of sp³-hybridized carbons (Fsp3) is 0.417. The first-order valence-electron chi connectivity index (χ1n) is 5.49. The average molecular weight is 220 g/mol. The Bertz CT molecular complexity index is 356. The monoisotopic (exact) mass is 220 g/mol. The Labute approximate surface area is 95.0 Å². The Balaban J connectivity index is 1.93. The second kappa shape index (κ2) is 4.99. The van der Waals surface area contributed by atoms with Gasteiger partial charge in [0.1, 0.15) is 11.9 Å². The molecular formula is C12H16N2O2. The molecule has 4 nitrogen and oxygen atoms in total. The molecule has 1 atom stereocenters. The summed E-state index contributed by atoms with van der Waals surface area (Å²) in [5.74, 6) is 0.788. The van der Waals surface area contributed by atoms with Gasteiger partial charge in [-0.05, 0) is 37.2 Å². The van der Waals surface area contributed by atoms with Crippen molar-refractivity contribution in [3.63, 3.8) is 0 Å². The molecule has 0 unspecified atom stereocenters. The SMILES string of the molecule is CC(=O)Nc1ccc(O[C@H]2CCNC2)cc1. The molecule has 1 heterocycles. The topological polar surface area (TPSA) is 50.4 Å². The molecular weight excluding hydrogens is 204 g/mol. The van der Waals surface area contributed by atoms with Crippen LogP contribution in [0.2, 0.25) is 0 Å². The van der Waals surface area contributed by atoms with E-state index >= 15 is 0 Å². The maximum atomic E-state index is 10.8. The van der Waals surface area contributed by atoms with Crippen LogP contribution in [-0.4, -0.2) is 25.1 Å². The number of anilines is 1. The van der Waals surface area contributed by atoms with E-state index < -0.39 is 0 Å². The smallest absolute Gasteiger partial charge is 0.221 e. The van der Waals surface area contributed by atoms with Gasteiger partial charge in [-0.2, -0.15) is 0 Å². The Hall–Kier alpha value is -1.55. The molecule has 2 N–H and O–H groups in total. The first-order chi connectivity index (χ1) is 7.74. The number of hydrogen-bond donors (Lipinski definition) is 2. The molecule has 1 fully saturated rings. The highest BCUT2D eigenvalue weighted by molar-refractivity contribution is 5.88. The molecule has 4 heteroatoms. The summed E-state index contributed by atoms with van der Waals surface area (Å²) in [5, 5.41) is 5.97. The molecule has 1 aromatic rings. The molecule has 1 aromatic carbocycles. The van der Waals surface area contributed by atoms with E-state index in [9.17, 15) is 4.79 Å². The van der Waals surface area contributed by atoms with Crippen LogP contribution in [-0.2, 0) is 4.79 Å².